The Morgan fingerprint density at radius 2 is 2.19 bits per heavy atom. The first-order valence-electron chi connectivity index (χ1n) is 4.41. The number of anilines is 1. The van der Waals surface area contributed by atoms with Crippen LogP contribution in [0.1, 0.15) is 0 Å². The summed E-state index contributed by atoms with van der Waals surface area (Å²) < 4.78 is 1.28. The lowest BCUT2D eigenvalue weighted by Crippen LogP contribution is -2.07. The van der Waals surface area contributed by atoms with Crippen molar-refractivity contribution in [3.63, 3.8) is 0 Å². The molecule has 1 aromatic heterocycles. The summed E-state index contributed by atoms with van der Waals surface area (Å²) in [5.41, 5.74) is 0.840. The van der Waals surface area contributed by atoms with E-state index >= 15 is 0 Å². The molecule has 0 atom stereocenters. The lowest BCUT2D eigenvalue weighted by Gasteiger charge is -2.04. The van der Waals surface area contributed by atoms with Crippen molar-refractivity contribution >= 4 is 48.3 Å². The van der Waals surface area contributed by atoms with Crippen LogP contribution in [0.15, 0.2) is 16.6 Å². The summed E-state index contributed by atoms with van der Waals surface area (Å²) in [5.74, 6) is 0. The lowest BCUT2D eigenvalue weighted by molar-refractivity contribution is -0.385. The van der Waals surface area contributed by atoms with Crippen LogP contribution in [-0.4, -0.2) is 24.0 Å². The molecule has 0 aliphatic carbocycles. The highest BCUT2D eigenvalue weighted by Crippen LogP contribution is 2.35. The second-order valence-corrected chi connectivity index (χ2v) is 5.28. The van der Waals surface area contributed by atoms with Gasteiger partial charge in [0.05, 0.1) is 19.6 Å². The average molecular weight is 302 g/mol. The molecule has 0 saturated heterocycles. The smallest absolute Gasteiger partial charge is 0.285 e. The molecule has 0 amide bonds. The van der Waals surface area contributed by atoms with Crippen LogP contribution in [0, 0.1) is 10.1 Å². The van der Waals surface area contributed by atoms with Crippen LogP contribution in [-0.2, 0) is 0 Å². The van der Waals surface area contributed by atoms with Crippen molar-refractivity contribution in [3.05, 3.63) is 26.7 Å². The van der Waals surface area contributed by atoms with Gasteiger partial charge in [-0.3, -0.25) is 10.1 Å². The molecule has 0 N–H and O–H groups in total. The molecule has 0 bridgehead atoms. The predicted octanol–water partition coefficient (Wildman–Crippen LogP) is 3.03. The van der Waals surface area contributed by atoms with Gasteiger partial charge in [-0.15, -0.1) is 0 Å². The number of fused-ring (bicyclic) bond motifs is 1. The third kappa shape index (κ3) is 1.88. The molecule has 0 unspecified atom stereocenters. The van der Waals surface area contributed by atoms with E-state index in [4.69, 9.17) is 0 Å². The van der Waals surface area contributed by atoms with E-state index in [9.17, 15) is 10.1 Å². The third-order valence-corrected chi connectivity index (χ3v) is 3.85. The van der Waals surface area contributed by atoms with E-state index in [0.717, 1.165) is 15.3 Å². The van der Waals surface area contributed by atoms with Gasteiger partial charge in [0.2, 0.25) is 0 Å². The van der Waals surface area contributed by atoms with E-state index in [1.165, 1.54) is 11.3 Å². The number of aromatic nitrogens is 1. The molecule has 84 valence electrons. The van der Waals surface area contributed by atoms with E-state index in [-0.39, 0.29) is 5.69 Å². The topological polar surface area (TPSA) is 59.3 Å². The molecule has 1 aromatic carbocycles. The van der Waals surface area contributed by atoms with Crippen molar-refractivity contribution in [2.24, 2.45) is 0 Å². The van der Waals surface area contributed by atoms with Gasteiger partial charge in [0.15, 0.2) is 5.13 Å². The quantitative estimate of drug-likeness (QED) is 0.632. The maximum atomic E-state index is 10.8. The molecule has 16 heavy (non-hydrogen) atoms. The van der Waals surface area contributed by atoms with Gasteiger partial charge in [0, 0.05) is 20.2 Å². The minimum absolute atomic E-state index is 0.0708. The molecular weight excluding hydrogens is 294 g/mol. The Bertz CT molecular complexity index is 567. The van der Waals surface area contributed by atoms with Crippen LogP contribution in [0.25, 0.3) is 10.2 Å². The average Bonchev–Trinajstić information content (AvgIpc) is 2.58. The van der Waals surface area contributed by atoms with Crippen molar-refractivity contribution in [3.8, 4) is 0 Å². The zero-order chi connectivity index (χ0) is 11.9. The Balaban J connectivity index is 2.65. The zero-order valence-corrected chi connectivity index (χ0v) is 11.0. The van der Waals surface area contributed by atoms with Gasteiger partial charge in [0.25, 0.3) is 5.69 Å². The molecule has 1 heterocycles. The summed E-state index contributed by atoms with van der Waals surface area (Å²) in [4.78, 5) is 16.6. The SMILES string of the molecule is CN(C)c1nc2cc(Br)c([N+](=O)[O-])cc2s1. The maximum absolute atomic E-state index is 10.8. The van der Waals surface area contributed by atoms with Crippen LogP contribution in [0.4, 0.5) is 10.8 Å². The molecule has 0 aliphatic heterocycles. The number of nitrogens with zero attached hydrogens (tertiary/aromatic N) is 3. The monoisotopic (exact) mass is 301 g/mol. The molecule has 0 aliphatic rings. The minimum Gasteiger partial charge on any atom is -0.354 e. The second kappa shape index (κ2) is 3.99. The first-order chi connectivity index (χ1) is 7.49. The number of nitro groups is 1. The van der Waals surface area contributed by atoms with Crippen LogP contribution < -0.4 is 4.90 Å². The number of hydrogen-bond donors (Lipinski definition) is 0. The fraction of sp³-hybridized carbons (Fsp3) is 0.222. The van der Waals surface area contributed by atoms with Gasteiger partial charge >= 0.3 is 0 Å². The summed E-state index contributed by atoms with van der Waals surface area (Å²) in [6.07, 6.45) is 0. The van der Waals surface area contributed by atoms with E-state index in [1.54, 1.807) is 12.1 Å². The minimum atomic E-state index is -0.404. The van der Waals surface area contributed by atoms with E-state index in [0.29, 0.717) is 4.47 Å². The predicted molar refractivity (Wildman–Crippen MR) is 68.3 cm³/mol. The summed E-state index contributed by atoms with van der Waals surface area (Å²) >= 11 is 4.61. The van der Waals surface area contributed by atoms with Crippen molar-refractivity contribution in [2.45, 2.75) is 0 Å². The standard InChI is InChI=1S/C9H8BrN3O2S/c1-12(2)9-11-6-3-5(10)7(13(14)15)4-8(6)16-9/h3-4H,1-2H3. The number of halogens is 1. The van der Waals surface area contributed by atoms with Crippen LogP contribution in [0.2, 0.25) is 0 Å². The Hall–Kier alpha value is -1.21. The van der Waals surface area contributed by atoms with E-state index in [2.05, 4.69) is 20.9 Å². The Labute approximate surface area is 104 Å². The highest BCUT2D eigenvalue weighted by atomic mass is 79.9. The van der Waals surface area contributed by atoms with Gasteiger partial charge in [-0.1, -0.05) is 11.3 Å². The van der Waals surface area contributed by atoms with E-state index in [1.807, 2.05) is 19.0 Å². The summed E-state index contributed by atoms with van der Waals surface area (Å²) in [5, 5.41) is 11.6. The first kappa shape index (κ1) is 11.3. The van der Waals surface area contributed by atoms with Crippen molar-refractivity contribution < 1.29 is 4.92 Å². The van der Waals surface area contributed by atoms with E-state index < -0.39 is 4.92 Å². The number of thiazole rings is 1. The molecule has 0 saturated carbocycles. The normalized spacial score (nSPS) is 10.7. The number of benzene rings is 1. The summed E-state index contributed by atoms with van der Waals surface area (Å²) in [6.45, 7) is 0. The van der Waals surface area contributed by atoms with Crippen LogP contribution in [0.5, 0.6) is 0 Å². The highest BCUT2D eigenvalue weighted by Gasteiger charge is 2.16. The molecule has 2 aromatic rings. The molecule has 0 fully saturated rings. The molecule has 0 spiro atoms. The number of nitro benzene ring substituents is 1. The Kier molecular flexibility index (Phi) is 2.81. The molecular formula is C9H8BrN3O2S. The largest absolute Gasteiger partial charge is 0.354 e. The fourth-order valence-electron chi connectivity index (χ4n) is 1.26. The third-order valence-electron chi connectivity index (χ3n) is 2.03. The van der Waals surface area contributed by atoms with Gasteiger partial charge in [0.1, 0.15) is 0 Å². The van der Waals surface area contributed by atoms with Crippen molar-refractivity contribution in [1.29, 1.82) is 0 Å². The number of rotatable bonds is 2. The fourth-order valence-corrected chi connectivity index (χ4v) is 2.64. The van der Waals surface area contributed by atoms with Crippen LogP contribution in [0.3, 0.4) is 0 Å². The van der Waals surface area contributed by atoms with Gasteiger partial charge in [-0.2, -0.15) is 0 Å². The van der Waals surface area contributed by atoms with Crippen molar-refractivity contribution in [2.75, 3.05) is 19.0 Å². The molecule has 2 rings (SSSR count). The number of hydrogen-bond acceptors (Lipinski definition) is 5. The van der Waals surface area contributed by atoms with Gasteiger partial charge in [-0.25, -0.2) is 4.98 Å². The van der Waals surface area contributed by atoms with Gasteiger partial charge < -0.3 is 4.90 Å². The Morgan fingerprint density at radius 1 is 1.50 bits per heavy atom. The molecule has 5 nitrogen and oxygen atoms in total. The first-order valence-corrected chi connectivity index (χ1v) is 6.02. The maximum Gasteiger partial charge on any atom is 0.285 e. The van der Waals surface area contributed by atoms with Crippen molar-refractivity contribution in [1.82, 2.24) is 4.98 Å². The second-order valence-electron chi connectivity index (χ2n) is 3.42. The molecule has 7 heteroatoms. The highest BCUT2D eigenvalue weighted by molar-refractivity contribution is 9.10. The summed E-state index contributed by atoms with van der Waals surface area (Å²) in [7, 11) is 3.78. The summed E-state index contributed by atoms with van der Waals surface area (Å²) in [6, 6.07) is 3.22. The Morgan fingerprint density at radius 3 is 2.75 bits per heavy atom. The zero-order valence-electron chi connectivity index (χ0n) is 8.60. The lowest BCUT2D eigenvalue weighted by atomic mass is 10.3. The van der Waals surface area contributed by atoms with Crippen LogP contribution >= 0.6 is 27.3 Å². The molecule has 0 radical (unpaired) electrons. The van der Waals surface area contributed by atoms with Gasteiger partial charge in [-0.05, 0) is 22.0 Å².